The van der Waals surface area contributed by atoms with Gasteiger partial charge >= 0.3 is 12.3 Å². The van der Waals surface area contributed by atoms with Gasteiger partial charge in [0.1, 0.15) is 6.67 Å². The van der Waals surface area contributed by atoms with Crippen LogP contribution >= 0.6 is 0 Å². The summed E-state index contributed by atoms with van der Waals surface area (Å²) in [5, 5.41) is 7.60. The fourth-order valence-corrected chi connectivity index (χ4v) is 0.270. The molecule has 0 heterocycles. The summed E-state index contributed by atoms with van der Waals surface area (Å²) in [6.45, 7) is -2.00. The summed E-state index contributed by atoms with van der Waals surface area (Å²) in [6.07, 6.45) is -10.2. The van der Waals surface area contributed by atoms with E-state index in [-0.39, 0.29) is 0 Å². The summed E-state index contributed by atoms with van der Waals surface area (Å²) >= 11 is 0. The third kappa shape index (κ3) is 3.06. The van der Waals surface area contributed by atoms with Gasteiger partial charge in [0.05, 0.1) is 0 Å². The van der Waals surface area contributed by atoms with Gasteiger partial charge in [0.15, 0.2) is 0 Å². The average Bonchev–Trinajstić information content (AvgIpc) is 1.83. The van der Waals surface area contributed by atoms with E-state index in [0.29, 0.717) is 0 Å². The Morgan fingerprint density at radius 2 is 2.09 bits per heavy atom. The van der Waals surface area contributed by atoms with E-state index in [0.717, 1.165) is 0 Å². The zero-order valence-electron chi connectivity index (χ0n) is 5.06. The van der Waals surface area contributed by atoms with Crippen LogP contribution in [0.3, 0.4) is 0 Å². The number of carboxylic acid groups (broad SMARTS) is 1. The van der Waals surface area contributed by atoms with Crippen molar-refractivity contribution in [2.45, 2.75) is 12.3 Å². The van der Waals surface area contributed by atoms with E-state index in [1.165, 1.54) is 0 Å². The van der Waals surface area contributed by atoms with Crippen LogP contribution in [0.2, 0.25) is 0 Å². The van der Waals surface area contributed by atoms with Crippen LogP contribution in [0, 0.1) is 0 Å². The molecule has 66 valence electrons. The molecule has 0 saturated carbocycles. The molecule has 0 amide bonds. The van der Waals surface area contributed by atoms with E-state index in [1.807, 2.05) is 0 Å². The summed E-state index contributed by atoms with van der Waals surface area (Å²) in [5.74, 6) is 0. The smallest absolute Gasteiger partial charge is 0.450 e. The molecule has 11 heavy (non-hydrogen) atoms. The molecule has 0 radical (unpaired) electrons. The quantitative estimate of drug-likeness (QED) is 0.524. The van der Waals surface area contributed by atoms with Gasteiger partial charge in [-0.25, -0.2) is 13.6 Å². The molecule has 1 N–H and O–H groups in total. The second-order valence-corrected chi connectivity index (χ2v) is 1.55. The molecule has 0 aromatic carbocycles. The van der Waals surface area contributed by atoms with Crippen molar-refractivity contribution in [1.29, 1.82) is 0 Å². The lowest BCUT2D eigenvalue weighted by Crippen LogP contribution is -2.36. The first-order valence-corrected chi connectivity index (χ1v) is 2.40. The Balaban J connectivity index is 4.08. The normalized spacial score (nSPS) is 14.2. The van der Waals surface area contributed by atoms with Crippen molar-refractivity contribution >= 4 is 6.16 Å². The SMILES string of the molecule is O=C(O)OC(F)(F)C(F)CF. The fraction of sp³-hybridized carbons (Fsp3) is 0.750. The fourth-order valence-electron chi connectivity index (χ4n) is 0.270. The molecule has 0 bridgehead atoms. The summed E-state index contributed by atoms with van der Waals surface area (Å²) in [4.78, 5) is 9.44. The summed E-state index contributed by atoms with van der Waals surface area (Å²) < 4.78 is 49.4. The Hall–Kier alpha value is -1.01. The predicted octanol–water partition coefficient (Wildman–Crippen LogP) is 1.58. The van der Waals surface area contributed by atoms with Crippen LogP contribution in [0.25, 0.3) is 0 Å². The molecule has 0 aromatic rings. The van der Waals surface area contributed by atoms with Crippen molar-refractivity contribution in [3.05, 3.63) is 0 Å². The number of hydrogen-bond donors (Lipinski definition) is 1. The van der Waals surface area contributed by atoms with E-state index in [2.05, 4.69) is 4.74 Å². The Bertz CT molecular complexity index is 148. The van der Waals surface area contributed by atoms with Gasteiger partial charge in [-0.3, -0.25) is 0 Å². The van der Waals surface area contributed by atoms with Gasteiger partial charge in [-0.05, 0) is 0 Å². The van der Waals surface area contributed by atoms with Crippen molar-refractivity contribution in [1.82, 2.24) is 0 Å². The monoisotopic (exact) mass is 176 g/mol. The van der Waals surface area contributed by atoms with Crippen molar-refractivity contribution in [2.24, 2.45) is 0 Å². The van der Waals surface area contributed by atoms with Crippen molar-refractivity contribution < 1.29 is 32.2 Å². The molecule has 0 fully saturated rings. The highest BCUT2D eigenvalue weighted by Crippen LogP contribution is 2.23. The predicted molar refractivity (Wildman–Crippen MR) is 24.9 cm³/mol. The summed E-state index contributed by atoms with van der Waals surface area (Å²) in [5.41, 5.74) is 0. The minimum atomic E-state index is -4.61. The van der Waals surface area contributed by atoms with Gasteiger partial charge in [0.2, 0.25) is 6.17 Å². The van der Waals surface area contributed by atoms with Gasteiger partial charge in [0, 0.05) is 0 Å². The van der Waals surface area contributed by atoms with E-state index in [4.69, 9.17) is 5.11 Å². The van der Waals surface area contributed by atoms with Crippen molar-refractivity contribution in [3.63, 3.8) is 0 Å². The first-order chi connectivity index (χ1) is 4.90. The number of halogens is 4. The lowest BCUT2D eigenvalue weighted by molar-refractivity contribution is -0.247. The minimum absolute atomic E-state index is 2.00. The standard InChI is InChI=1S/C4H4F4O3/c5-1-2(6)4(7,8)11-3(9)10/h2H,1H2,(H,9,10). The molecule has 1 atom stereocenters. The van der Waals surface area contributed by atoms with E-state index >= 15 is 0 Å². The molecular weight excluding hydrogens is 172 g/mol. The Morgan fingerprint density at radius 3 is 2.36 bits per heavy atom. The van der Waals surface area contributed by atoms with E-state index in [1.54, 1.807) is 0 Å². The van der Waals surface area contributed by atoms with Gasteiger partial charge in [-0.2, -0.15) is 8.78 Å². The van der Waals surface area contributed by atoms with E-state index < -0.39 is 25.1 Å². The third-order valence-electron chi connectivity index (χ3n) is 0.724. The number of rotatable bonds is 3. The van der Waals surface area contributed by atoms with Crippen LogP contribution in [-0.2, 0) is 4.74 Å². The van der Waals surface area contributed by atoms with Crippen molar-refractivity contribution in [2.75, 3.05) is 6.67 Å². The molecule has 7 heteroatoms. The highest BCUT2D eigenvalue weighted by atomic mass is 19.3. The Kier molecular flexibility index (Phi) is 3.09. The Morgan fingerprint density at radius 1 is 1.64 bits per heavy atom. The maximum absolute atomic E-state index is 11.9. The van der Waals surface area contributed by atoms with Crippen LogP contribution < -0.4 is 0 Å². The van der Waals surface area contributed by atoms with Crippen LogP contribution in [0.5, 0.6) is 0 Å². The molecule has 0 aliphatic rings. The molecule has 0 aliphatic heterocycles. The molecule has 3 nitrogen and oxygen atoms in total. The van der Waals surface area contributed by atoms with E-state index in [9.17, 15) is 22.4 Å². The maximum atomic E-state index is 11.9. The van der Waals surface area contributed by atoms with Crippen molar-refractivity contribution in [3.8, 4) is 0 Å². The highest BCUT2D eigenvalue weighted by Gasteiger charge is 2.45. The molecule has 0 rings (SSSR count). The lowest BCUT2D eigenvalue weighted by Gasteiger charge is -2.15. The molecule has 0 aliphatic carbocycles. The number of carbonyl (C=O) groups is 1. The van der Waals surface area contributed by atoms with Gasteiger partial charge in [0.25, 0.3) is 0 Å². The van der Waals surface area contributed by atoms with Crippen LogP contribution in [-0.4, -0.2) is 30.2 Å². The Labute approximate surface area is 58.6 Å². The number of alkyl halides is 4. The number of hydrogen-bond acceptors (Lipinski definition) is 2. The zero-order chi connectivity index (χ0) is 9.07. The summed E-state index contributed by atoms with van der Waals surface area (Å²) in [7, 11) is 0. The van der Waals surface area contributed by atoms with Crippen LogP contribution in [0.1, 0.15) is 0 Å². The second kappa shape index (κ2) is 3.40. The first kappa shape index (κ1) is 9.99. The minimum Gasteiger partial charge on any atom is -0.450 e. The summed E-state index contributed by atoms with van der Waals surface area (Å²) in [6, 6.07) is 0. The maximum Gasteiger partial charge on any atom is 0.510 e. The van der Waals surface area contributed by atoms with Crippen LogP contribution in [0.4, 0.5) is 22.4 Å². The molecule has 0 saturated heterocycles. The molecular formula is C4H4F4O3. The van der Waals surface area contributed by atoms with Gasteiger partial charge in [-0.1, -0.05) is 0 Å². The van der Waals surface area contributed by atoms with Crippen LogP contribution in [0.15, 0.2) is 0 Å². The third-order valence-corrected chi connectivity index (χ3v) is 0.724. The second-order valence-electron chi connectivity index (χ2n) is 1.55. The largest absolute Gasteiger partial charge is 0.510 e. The topological polar surface area (TPSA) is 46.5 Å². The highest BCUT2D eigenvalue weighted by molar-refractivity contribution is 5.57. The lowest BCUT2D eigenvalue weighted by atomic mass is 10.4. The van der Waals surface area contributed by atoms with Gasteiger partial charge in [-0.15, -0.1) is 0 Å². The van der Waals surface area contributed by atoms with Gasteiger partial charge < -0.3 is 9.84 Å². The number of ether oxygens (including phenoxy) is 1. The molecule has 0 spiro atoms. The molecule has 1 unspecified atom stereocenters. The zero-order valence-corrected chi connectivity index (χ0v) is 5.06. The molecule has 0 aromatic heterocycles. The average molecular weight is 176 g/mol. The first-order valence-electron chi connectivity index (χ1n) is 2.40.